The second kappa shape index (κ2) is 8.48. The SMILES string of the molecule is CCOC(CCOC1CCCCCC1)C(=O)O. The molecule has 0 aromatic rings. The van der Waals surface area contributed by atoms with Gasteiger partial charge in [-0.15, -0.1) is 0 Å². The summed E-state index contributed by atoms with van der Waals surface area (Å²) in [5.74, 6) is -0.892. The maximum atomic E-state index is 10.8. The van der Waals surface area contributed by atoms with Crippen LogP contribution in [0.3, 0.4) is 0 Å². The molecule has 0 aromatic heterocycles. The fraction of sp³-hybridized carbons (Fsp3) is 0.923. The second-order valence-electron chi connectivity index (χ2n) is 4.56. The topological polar surface area (TPSA) is 55.8 Å². The van der Waals surface area contributed by atoms with Crippen molar-refractivity contribution in [2.45, 2.75) is 64.1 Å². The third-order valence-corrected chi connectivity index (χ3v) is 3.18. The molecule has 17 heavy (non-hydrogen) atoms. The van der Waals surface area contributed by atoms with Gasteiger partial charge in [-0.3, -0.25) is 0 Å². The van der Waals surface area contributed by atoms with E-state index in [2.05, 4.69) is 0 Å². The van der Waals surface area contributed by atoms with Gasteiger partial charge in [0.15, 0.2) is 6.10 Å². The lowest BCUT2D eigenvalue weighted by Gasteiger charge is -2.17. The Morgan fingerprint density at radius 3 is 2.47 bits per heavy atom. The van der Waals surface area contributed by atoms with Gasteiger partial charge in [0.25, 0.3) is 0 Å². The number of rotatable bonds is 7. The lowest BCUT2D eigenvalue weighted by molar-refractivity contribution is -0.151. The zero-order valence-corrected chi connectivity index (χ0v) is 10.7. The summed E-state index contributed by atoms with van der Waals surface area (Å²) < 4.78 is 10.9. The summed E-state index contributed by atoms with van der Waals surface area (Å²) in [4.78, 5) is 10.8. The Bertz CT molecular complexity index is 209. The number of hydrogen-bond donors (Lipinski definition) is 1. The average Bonchev–Trinajstić information content (AvgIpc) is 2.56. The summed E-state index contributed by atoms with van der Waals surface area (Å²) in [6.45, 7) is 2.73. The molecule has 0 heterocycles. The quantitative estimate of drug-likeness (QED) is 0.699. The fourth-order valence-corrected chi connectivity index (χ4v) is 2.23. The molecule has 0 aliphatic heterocycles. The Morgan fingerprint density at radius 1 is 1.29 bits per heavy atom. The Kier molecular flexibility index (Phi) is 7.21. The van der Waals surface area contributed by atoms with Crippen LogP contribution in [0.2, 0.25) is 0 Å². The number of carboxylic acids is 1. The molecule has 0 amide bonds. The van der Waals surface area contributed by atoms with Crippen molar-refractivity contribution in [1.82, 2.24) is 0 Å². The highest BCUT2D eigenvalue weighted by atomic mass is 16.5. The maximum Gasteiger partial charge on any atom is 0.332 e. The smallest absolute Gasteiger partial charge is 0.332 e. The predicted octanol–water partition coefficient (Wildman–Crippen LogP) is 2.61. The molecule has 1 rings (SSSR count). The molecule has 0 spiro atoms. The van der Waals surface area contributed by atoms with Crippen LogP contribution in [0.4, 0.5) is 0 Å². The molecule has 1 fully saturated rings. The van der Waals surface area contributed by atoms with Crippen LogP contribution >= 0.6 is 0 Å². The molecule has 1 atom stereocenters. The summed E-state index contributed by atoms with van der Waals surface area (Å²) in [5.41, 5.74) is 0. The van der Waals surface area contributed by atoms with Crippen molar-refractivity contribution in [3.63, 3.8) is 0 Å². The number of carboxylic acid groups (broad SMARTS) is 1. The van der Waals surface area contributed by atoms with Gasteiger partial charge < -0.3 is 14.6 Å². The van der Waals surface area contributed by atoms with Crippen LogP contribution in [0.15, 0.2) is 0 Å². The lowest BCUT2D eigenvalue weighted by atomic mass is 10.1. The first-order valence-corrected chi connectivity index (χ1v) is 6.70. The molecule has 1 unspecified atom stereocenters. The lowest BCUT2D eigenvalue weighted by Crippen LogP contribution is -2.26. The van der Waals surface area contributed by atoms with E-state index < -0.39 is 12.1 Å². The van der Waals surface area contributed by atoms with Gasteiger partial charge in [0, 0.05) is 19.6 Å². The highest BCUT2D eigenvalue weighted by Gasteiger charge is 2.18. The van der Waals surface area contributed by atoms with E-state index in [9.17, 15) is 4.79 Å². The highest BCUT2D eigenvalue weighted by Crippen LogP contribution is 2.20. The molecule has 4 nitrogen and oxygen atoms in total. The van der Waals surface area contributed by atoms with Crippen LogP contribution < -0.4 is 0 Å². The summed E-state index contributed by atoms with van der Waals surface area (Å²) >= 11 is 0. The first-order valence-electron chi connectivity index (χ1n) is 6.70. The van der Waals surface area contributed by atoms with Crippen LogP contribution in [-0.4, -0.2) is 36.5 Å². The molecule has 0 radical (unpaired) electrons. The molecular formula is C13H24O4. The van der Waals surface area contributed by atoms with E-state index in [1.807, 2.05) is 6.92 Å². The minimum atomic E-state index is -0.892. The van der Waals surface area contributed by atoms with Crippen molar-refractivity contribution in [2.75, 3.05) is 13.2 Å². The van der Waals surface area contributed by atoms with Crippen LogP contribution in [0.25, 0.3) is 0 Å². The molecule has 1 N–H and O–H groups in total. The van der Waals surface area contributed by atoms with Crippen LogP contribution in [0, 0.1) is 0 Å². The Hall–Kier alpha value is -0.610. The second-order valence-corrected chi connectivity index (χ2v) is 4.56. The van der Waals surface area contributed by atoms with Gasteiger partial charge in [-0.25, -0.2) is 4.79 Å². The largest absolute Gasteiger partial charge is 0.479 e. The van der Waals surface area contributed by atoms with Crippen molar-refractivity contribution in [1.29, 1.82) is 0 Å². The normalized spacial score (nSPS) is 19.8. The average molecular weight is 244 g/mol. The van der Waals surface area contributed by atoms with E-state index >= 15 is 0 Å². The third-order valence-electron chi connectivity index (χ3n) is 3.18. The van der Waals surface area contributed by atoms with Gasteiger partial charge in [-0.05, 0) is 19.8 Å². The van der Waals surface area contributed by atoms with Gasteiger partial charge in [0.2, 0.25) is 0 Å². The Balaban J connectivity index is 2.17. The zero-order valence-electron chi connectivity index (χ0n) is 10.7. The molecule has 1 aliphatic carbocycles. The van der Waals surface area contributed by atoms with E-state index in [-0.39, 0.29) is 0 Å². The third kappa shape index (κ3) is 6.03. The molecular weight excluding hydrogens is 220 g/mol. The van der Waals surface area contributed by atoms with Crippen molar-refractivity contribution in [3.8, 4) is 0 Å². The van der Waals surface area contributed by atoms with Gasteiger partial charge in [0.1, 0.15) is 0 Å². The van der Waals surface area contributed by atoms with Gasteiger partial charge in [-0.2, -0.15) is 0 Å². The summed E-state index contributed by atoms with van der Waals surface area (Å²) in [7, 11) is 0. The maximum absolute atomic E-state index is 10.8. The van der Waals surface area contributed by atoms with Gasteiger partial charge in [-0.1, -0.05) is 25.7 Å². The van der Waals surface area contributed by atoms with Gasteiger partial charge in [0.05, 0.1) is 6.10 Å². The van der Waals surface area contributed by atoms with Crippen LogP contribution in [-0.2, 0) is 14.3 Å². The predicted molar refractivity (Wildman–Crippen MR) is 65.1 cm³/mol. The summed E-state index contributed by atoms with van der Waals surface area (Å²) in [6.07, 6.45) is 7.36. The Morgan fingerprint density at radius 2 is 1.94 bits per heavy atom. The molecule has 0 bridgehead atoms. The molecule has 0 saturated heterocycles. The first kappa shape index (κ1) is 14.5. The molecule has 100 valence electrons. The van der Waals surface area contributed by atoms with Crippen LogP contribution in [0.5, 0.6) is 0 Å². The summed E-state index contributed by atoms with van der Waals surface area (Å²) in [5, 5.41) is 8.91. The summed E-state index contributed by atoms with van der Waals surface area (Å²) in [6, 6.07) is 0. The number of carbonyl (C=O) groups is 1. The first-order chi connectivity index (χ1) is 8.24. The molecule has 4 heteroatoms. The van der Waals surface area contributed by atoms with E-state index in [4.69, 9.17) is 14.6 Å². The minimum absolute atomic E-state index is 0.327. The number of hydrogen-bond acceptors (Lipinski definition) is 3. The van der Waals surface area contributed by atoms with E-state index in [0.29, 0.717) is 25.7 Å². The standard InChI is InChI=1S/C13H24O4/c1-2-16-12(13(14)15)9-10-17-11-7-5-3-4-6-8-11/h11-12H,2-10H2,1H3,(H,14,15). The number of ether oxygens (including phenoxy) is 2. The zero-order chi connectivity index (χ0) is 12.5. The van der Waals surface area contributed by atoms with Crippen LogP contribution in [0.1, 0.15) is 51.9 Å². The van der Waals surface area contributed by atoms with Crippen molar-refractivity contribution in [3.05, 3.63) is 0 Å². The van der Waals surface area contributed by atoms with E-state index in [0.717, 1.165) is 12.8 Å². The Labute approximate surface area is 103 Å². The van der Waals surface area contributed by atoms with Gasteiger partial charge >= 0.3 is 5.97 Å². The van der Waals surface area contributed by atoms with Crippen molar-refractivity contribution < 1.29 is 19.4 Å². The van der Waals surface area contributed by atoms with Crippen molar-refractivity contribution >= 4 is 5.97 Å². The molecule has 1 aliphatic rings. The van der Waals surface area contributed by atoms with Crippen molar-refractivity contribution in [2.24, 2.45) is 0 Å². The molecule has 1 saturated carbocycles. The van der Waals surface area contributed by atoms with E-state index in [1.54, 1.807) is 0 Å². The minimum Gasteiger partial charge on any atom is -0.479 e. The molecule has 0 aromatic carbocycles. The highest BCUT2D eigenvalue weighted by molar-refractivity contribution is 5.72. The monoisotopic (exact) mass is 244 g/mol. The number of aliphatic carboxylic acids is 1. The fourth-order valence-electron chi connectivity index (χ4n) is 2.23. The van der Waals surface area contributed by atoms with E-state index in [1.165, 1.54) is 25.7 Å².